The van der Waals surface area contributed by atoms with Crippen LogP contribution in [0.3, 0.4) is 0 Å². The van der Waals surface area contributed by atoms with Gasteiger partial charge < -0.3 is 9.47 Å². The summed E-state index contributed by atoms with van der Waals surface area (Å²) in [5, 5.41) is 0.635. The SMILES string of the molecule is Cc1cccc(Cn2c(=O)c3c(nc4n3C[C@H](C)CN4c3cccc(Cl)c3)n(C)c2=O)c1. The smallest absolute Gasteiger partial charge is 0.312 e. The van der Waals surface area contributed by atoms with Gasteiger partial charge in [0.2, 0.25) is 5.95 Å². The van der Waals surface area contributed by atoms with E-state index in [-0.39, 0.29) is 23.7 Å². The summed E-state index contributed by atoms with van der Waals surface area (Å²) in [6, 6.07) is 15.4. The molecule has 0 fully saturated rings. The van der Waals surface area contributed by atoms with Gasteiger partial charge in [-0.3, -0.25) is 13.9 Å². The van der Waals surface area contributed by atoms with Crippen molar-refractivity contribution in [2.45, 2.75) is 26.9 Å². The minimum absolute atomic E-state index is 0.219. The molecule has 5 rings (SSSR count). The van der Waals surface area contributed by atoms with Crippen LogP contribution in [0.15, 0.2) is 58.1 Å². The van der Waals surface area contributed by atoms with Gasteiger partial charge in [0.25, 0.3) is 5.56 Å². The van der Waals surface area contributed by atoms with E-state index >= 15 is 0 Å². The highest BCUT2D eigenvalue weighted by Gasteiger charge is 2.30. The number of imidazole rings is 1. The van der Waals surface area contributed by atoms with Crippen molar-refractivity contribution in [1.82, 2.24) is 18.7 Å². The molecule has 164 valence electrons. The van der Waals surface area contributed by atoms with Crippen molar-refractivity contribution in [2.24, 2.45) is 13.0 Å². The van der Waals surface area contributed by atoms with Crippen LogP contribution < -0.4 is 16.1 Å². The van der Waals surface area contributed by atoms with Crippen molar-refractivity contribution in [3.63, 3.8) is 0 Å². The van der Waals surface area contributed by atoms with Crippen molar-refractivity contribution < 1.29 is 0 Å². The molecule has 4 aromatic rings. The fourth-order valence-corrected chi connectivity index (χ4v) is 4.68. The number of aryl methyl sites for hydroxylation is 2. The lowest BCUT2D eigenvalue weighted by molar-refractivity contribution is 0.458. The van der Waals surface area contributed by atoms with E-state index in [1.165, 1.54) is 9.13 Å². The average Bonchev–Trinajstić information content (AvgIpc) is 3.14. The van der Waals surface area contributed by atoms with Gasteiger partial charge >= 0.3 is 5.69 Å². The Balaban J connectivity index is 1.73. The molecule has 1 aliphatic heterocycles. The molecule has 8 heteroatoms. The van der Waals surface area contributed by atoms with Gasteiger partial charge in [0.05, 0.1) is 6.54 Å². The Labute approximate surface area is 190 Å². The van der Waals surface area contributed by atoms with Gasteiger partial charge in [-0.05, 0) is 36.6 Å². The van der Waals surface area contributed by atoms with E-state index in [2.05, 4.69) is 11.8 Å². The second kappa shape index (κ2) is 7.67. The monoisotopic (exact) mass is 449 g/mol. The Morgan fingerprint density at radius 2 is 1.88 bits per heavy atom. The van der Waals surface area contributed by atoms with Crippen molar-refractivity contribution in [3.8, 4) is 0 Å². The summed E-state index contributed by atoms with van der Waals surface area (Å²) in [6.07, 6.45) is 0. The normalized spacial score (nSPS) is 15.9. The van der Waals surface area contributed by atoms with Crippen LogP contribution in [0.1, 0.15) is 18.1 Å². The molecular weight excluding hydrogens is 426 g/mol. The summed E-state index contributed by atoms with van der Waals surface area (Å²) in [4.78, 5) is 33.5. The number of nitrogens with zero attached hydrogens (tertiary/aromatic N) is 5. The van der Waals surface area contributed by atoms with Gasteiger partial charge in [-0.1, -0.05) is 54.4 Å². The predicted molar refractivity (Wildman–Crippen MR) is 127 cm³/mol. The lowest BCUT2D eigenvalue weighted by Crippen LogP contribution is -2.40. The first-order valence-electron chi connectivity index (χ1n) is 10.6. The fraction of sp³-hybridized carbons (Fsp3) is 0.292. The van der Waals surface area contributed by atoms with Crippen LogP contribution >= 0.6 is 11.6 Å². The van der Waals surface area contributed by atoms with E-state index in [0.29, 0.717) is 28.7 Å². The van der Waals surface area contributed by atoms with Gasteiger partial charge in [0.1, 0.15) is 0 Å². The van der Waals surface area contributed by atoms with E-state index in [0.717, 1.165) is 23.4 Å². The molecule has 32 heavy (non-hydrogen) atoms. The van der Waals surface area contributed by atoms with Crippen molar-refractivity contribution in [2.75, 3.05) is 11.4 Å². The number of hydrogen-bond donors (Lipinski definition) is 0. The second-order valence-corrected chi connectivity index (χ2v) is 9.05. The zero-order valence-electron chi connectivity index (χ0n) is 18.2. The predicted octanol–water partition coefficient (Wildman–Crippen LogP) is 3.69. The topological polar surface area (TPSA) is 65.1 Å². The average molecular weight is 450 g/mol. The molecule has 7 nitrogen and oxygen atoms in total. The van der Waals surface area contributed by atoms with E-state index in [9.17, 15) is 9.59 Å². The first kappa shape index (κ1) is 20.6. The van der Waals surface area contributed by atoms with E-state index in [1.807, 2.05) is 60.0 Å². The summed E-state index contributed by atoms with van der Waals surface area (Å²) < 4.78 is 4.71. The number of hydrogen-bond acceptors (Lipinski definition) is 4. The number of aromatic nitrogens is 4. The highest BCUT2D eigenvalue weighted by atomic mass is 35.5. The van der Waals surface area contributed by atoms with Crippen LogP contribution in [0, 0.1) is 12.8 Å². The first-order chi connectivity index (χ1) is 15.3. The number of anilines is 2. The maximum atomic E-state index is 13.6. The Kier molecular flexibility index (Phi) is 4.93. The first-order valence-corrected chi connectivity index (χ1v) is 11.0. The highest BCUT2D eigenvalue weighted by Crippen LogP contribution is 2.33. The quantitative estimate of drug-likeness (QED) is 0.478. The third kappa shape index (κ3) is 3.33. The molecule has 0 radical (unpaired) electrons. The molecule has 1 aliphatic rings. The molecule has 0 spiro atoms. The molecule has 1 atom stereocenters. The van der Waals surface area contributed by atoms with Gasteiger partial charge in [0, 0.05) is 30.8 Å². The highest BCUT2D eigenvalue weighted by molar-refractivity contribution is 6.30. The molecule has 2 aromatic heterocycles. The third-order valence-corrected chi connectivity index (χ3v) is 6.22. The van der Waals surface area contributed by atoms with Crippen LogP contribution in [0.2, 0.25) is 5.02 Å². The summed E-state index contributed by atoms with van der Waals surface area (Å²) in [6.45, 7) is 5.75. The molecular formula is C24H24ClN5O2. The number of halogens is 1. The Morgan fingerprint density at radius 1 is 1.09 bits per heavy atom. The summed E-state index contributed by atoms with van der Waals surface area (Å²) in [5.41, 5.74) is 3.07. The molecule has 2 aromatic carbocycles. The Hall–Kier alpha value is -3.32. The lowest BCUT2D eigenvalue weighted by atomic mass is 10.1. The Bertz CT molecular complexity index is 1470. The van der Waals surface area contributed by atoms with Crippen molar-refractivity contribution in [1.29, 1.82) is 0 Å². The van der Waals surface area contributed by atoms with Crippen LogP contribution in [0.25, 0.3) is 11.2 Å². The molecule has 0 saturated carbocycles. The van der Waals surface area contributed by atoms with Gasteiger partial charge in [-0.15, -0.1) is 0 Å². The fourth-order valence-electron chi connectivity index (χ4n) is 4.50. The molecule has 0 amide bonds. The van der Waals surface area contributed by atoms with Crippen molar-refractivity contribution in [3.05, 3.63) is 85.5 Å². The van der Waals surface area contributed by atoms with E-state index in [1.54, 1.807) is 7.05 Å². The molecule has 0 saturated heterocycles. The zero-order chi connectivity index (χ0) is 22.6. The molecule has 0 aliphatic carbocycles. The molecule has 0 unspecified atom stereocenters. The summed E-state index contributed by atoms with van der Waals surface area (Å²) in [7, 11) is 1.67. The lowest BCUT2D eigenvalue weighted by Gasteiger charge is -2.33. The minimum Gasteiger partial charge on any atom is -0.312 e. The van der Waals surface area contributed by atoms with Crippen LogP contribution in [-0.4, -0.2) is 25.2 Å². The maximum absolute atomic E-state index is 13.6. The van der Waals surface area contributed by atoms with Gasteiger partial charge in [-0.2, -0.15) is 4.98 Å². The molecule has 0 N–H and O–H groups in total. The van der Waals surface area contributed by atoms with E-state index in [4.69, 9.17) is 16.6 Å². The number of rotatable bonds is 3. The molecule has 0 bridgehead atoms. The van der Waals surface area contributed by atoms with E-state index < -0.39 is 0 Å². The van der Waals surface area contributed by atoms with Crippen LogP contribution in [0.5, 0.6) is 0 Å². The largest absolute Gasteiger partial charge is 0.332 e. The number of benzene rings is 2. The van der Waals surface area contributed by atoms with Crippen molar-refractivity contribution >= 4 is 34.4 Å². The zero-order valence-corrected chi connectivity index (χ0v) is 19.0. The third-order valence-electron chi connectivity index (χ3n) is 5.99. The summed E-state index contributed by atoms with van der Waals surface area (Å²) in [5.74, 6) is 0.932. The number of fused-ring (bicyclic) bond motifs is 3. The second-order valence-electron chi connectivity index (χ2n) is 8.61. The van der Waals surface area contributed by atoms with Gasteiger partial charge in [0.15, 0.2) is 11.2 Å². The standard InChI is InChI=1S/C24H24ClN5O2/c1-15-6-4-7-17(10-15)14-30-22(31)20-21(27(3)24(30)32)26-23-28(12-16(2)13-29(20)23)19-9-5-8-18(25)11-19/h4-11,16H,12-14H2,1-3H3/t16-/m1/s1. The van der Waals surface area contributed by atoms with Gasteiger partial charge in [-0.25, -0.2) is 4.79 Å². The minimum atomic E-state index is -0.373. The maximum Gasteiger partial charge on any atom is 0.332 e. The Morgan fingerprint density at radius 3 is 2.62 bits per heavy atom. The molecule has 3 heterocycles. The summed E-state index contributed by atoms with van der Waals surface area (Å²) >= 11 is 6.23. The van der Waals surface area contributed by atoms with Crippen LogP contribution in [-0.2, 0) is 20.1 Å². The van der Waals surface area contributed by atoms with Crippen LogP contribution in [0.4, 0.5) is 11.6 Å².